The summed E-state index contributed by atoms with van der Waals surface area (Å²) in [6.07, 6.45) is 6.54. The van der Waals surface area contributed by atoms with Gasteiger partial charge >= 0.3 is 6.09 Å². The van der Waals surface area contributed by atoms with Crippen LogP contribution in [0.15, 0.2) is 0 Å². The van der Waals surface area contributed by atoms with Crippen molar-refractivity contribution >= 4 is 17.7 Å². The molecule has 29 heavy (non-hydrogen) atoms. The highest BCUT2D eigenvalue weighted by Crippen LogP contribution is 2.06. The number of ketones is 2. The van der Waals surface area contributed by atoms with Gasteiger partial charge in [-0.05, 0) is 39.0 Å². The van der Waals surface area contributed by atoms with Gasteiger partial charge in [-0.1, -0.05) is 20.3 Å². The van der Waals surface area contributed by atoms with Crippen molar-refractivity contribution in [3.8, 4) is 0 Å². The SMILES string of the molecule is CCOC(=O)NCCCCCC(=O)CCCCOCCOCCCC(=O)C(C)C. The van der Waals surface area contributed by atoms with E-state index in [-0.39, 0.29) is 17.8 Å². The second-order valence-electron chi connectivity index (χ2n) is 7.40. The zero-order valence-corrected chi connectivity index (χ0v) is 18.6. The van der Waals surface area contributed by atoms with E-state index in [4.69, 9.17) is 14.2 Å². The maximum Gasteiger partial charge on any atom is 0.407 e. The normalized spacial score (nSPS) is 10.9. The van der Waals surface area contributed by atoms with Gasteiger partial charge in [-0.3, -0.25) is 9.59 Å². The van der Waals surface area contributed by atoms with Crippen LogP contribution < -0.4 is 5.32 Å². The number of hydrogen-bond acceptors (Lipinski definition) is 6. The van der Waals surface area contributed by atoms with Crippen LogP contribution in [0.5, 0.6) is 0 Å². The van der Waals surface area contributed by atoms with Gasteiger partial charge in [0.1, 0.15) is 11.6 Å². The third kappa shape index (κ3) is 19.6. The zero-order chi connectivity index (χ0) is 21.7. The highest BCUT2D eigenvalue weighted by molar-refractivity contribution is 5.80. The second-order valence-corrected chi connectivity index (χ2v) is 7.40. The van der Waals surface area contributed by atoms with Gasteiger partial charge in [0.15, 0.2) is 0 Å². The molecule has 7 heteroatoms. The molecule has 1 amide bonds. The lowest BCUT2D eigenvalue weighted by Gasteiger charge is -2.07. The van der Waals surface area contributed by atoms with Crippen LogP contribution in [0.3, 0.4) is 0 Å². The zero-order valence-electron chi connectivity index (χ0n) is 18.6. The number of nitrogens with one attached hydrogen (secondary N) is 1. The van der Waals surface area contributed by atoms with Crippen molar-refractivity contribution in [3.05, 3.63) is 0 Å². The first-order chi connectivity index (χ1) is 14.0. The van der Waals surface area contributed by atoms with E-state index in [1.54, 1.807) is 6.92 Å². The Morgan fingerprint density at radius 2 is 1.38 bits per heavy atom. The van der Waals surface area contributed by atoms with Crippen LogP contribution in [-0.2, 0) is 23.8 Å². The Labute approximate surface area is 176 Å². The van der Waals surface area contributed by atoms with Gasteiger partial charge in [-0.15, -0.1) is 0 Å². The topological polar surface area (TPSA) is 90.9 Å². The van der Waals surface area contributed by atoms with Crippen molar-refractivity contribution < 1.29 is 28.6 Å². The number of ether oxygens (including phenoxy) is 3. The minimum absolute atomic E-state index is 0.102. The first-order valence-electron chi connectivity index (χ1n) is 11.1. The number of carbonyl (C=O) groups excluding carboxylic acids is 3. The molecule has 0 aromatic rings. The van der Waals surface area contributed by atoms with E-state index in [0.29, 0.717) is 64.6 Å². The fourth-order valence-corrected chi connectivity index (χ4v) is 2.61. The summed E-state index contributed by atoms with van der Waals surface area (Å²) in [5.41, 5.74) is 0. The molecule has 0 spiro atoms. The minimum Gasteiger partial charge on any atom is -0.450 e. The van der Waals surface area contributed by atoms with Gasteiger partial charge in [-0.25, -0.2) is 4.79 Å². The molecular formula is C22H41NO6. The van der Waals surface area contributed by atoms with Gasteiger partial charge in [0.2, 0.25) is 0 Å². The van der Waals surface area contributed by atoms with E-state index in [0.717, 1.165) is 38.5 Å². The molecule has 0 saturated carbocycles. The molecule has 0 heterocycles. The Morgan fingerprint density at radius 1 is 0.759 bits per heavy atom. The van der Waals surface area contributed by atoms with Crippen molar-refractivity contribution in [2.24, 2.45) is 5.92 Å². The number of hydrogen-bond donors (Lipinski definition) is 1. The lowest BCUT2D eigenvalue weighted by Crippen LogP contribution is -2.25. The lowest BCUT2D eigenvalue weighted by molar-refractivity contribution is -0.122. The maximum atomic E-state index is 11.8. The molecule has 0 aromatic carbocycles. The van der Waals surface area contributed by atoms with Crippen LogP contribution in [0.4, 0.5) is 4.79 Å². The molecule has 0 rings (SSSR count). The fourth-order valence-electron chi connectivity index (χ4n) is 2.61. The molecule has 0 atom stereocenters. The van der Waals surface area contributed by atoms with E-state index < -0.39 is 0 Å². The first kappa shape index (κ1) is 27.5. The molecule has 0 aliphatic heterocycles. The summed E-state index contributed by atoms with van der Waals surface area (Å²) in [6, 6.07) is 0. The van der Waals surface area contributed by atoms with Gasteiger partial charge in [-0.2, -0.15) is 0 Å². The molecule has 0 saturated heterocycles. The lowest BCUT2D eigenvalue weighted by atomic mass is 10.1. The van der Waals surface area contributed by atoms with Crippen LogP contribution in [0, 0.1) is 5.92 Å². The summed E-state index contributed by atoms with van der Waals surface area (Å²) < 4.78 is 15.7. The number of Topliss-reactive ketones (excluding diaryl/α,β-unsaturated/α-hetero) is 2. The molecule has 0 bridgehead atoms. The van der Waals surface area contributed by atoms with Crippen LogP contribution in [-0.4, -0.2) is 57.2 Å². The predicted molar refractivity (Wildman–Crippen MR) is 113 cm³/mol. The van der Waals surface area contributed by atoms with Crippen LogP contribution in [0.1, 0.15) is 78.6 Å². The van der Waals surface area contributed by atoms with Gasteiger partial charge in [0, 0.05) is 44.9 Å². The standard InChI is InChI=1S/C22H41NO6/c1-4-29-22(26)23-14-8-5-6-11-20(24)12-7-9-15-27-17-18-28-16-10-13-21(25)19(2)3/h19H,4-18H2,1-3H3,(H,23,26). The van der Waals surface area contributed by atoms with Crippen molar-refractivity contribution in [2.75, 3.05) is 39.6 Å². The van der Waals surface area contributed by atoms with E-state index in [9.17, 15) is 14.4 Å². The van der Waals surface area contributed by atoms with Crippen molar-refractivity contribution in [1.82, 2.24) is 5.32 Å². The number of rotatable bonds is 20. The number of unbranched alkanes of at least 4 members (excludes halogenated alkanes) is 3. The fraction of sp³-hybridized carbons (Fsp3) is 0.864. The van der Waals surface area contributed by atoms with E-state index >= 15 is 0 Å². The van der Waals surface area contributed by atoms with Crippen molar-refractivity contribution in [1.29, 1.82) is 0 Å². The second kappa shape index (κ2) is 19.8. The molecule has 170 valence electrons. The molecule has 0 aliphatic carbocycles. The largest absolute Gasteiger partial charge is 0.450 e. The Morgan fingerprint density at radius 3 is 2.00 bits per heavy atom. The summed E-state index contributed by atoms with van der Waals surface area (Å²) >= 11 is 0. The van der Waals surface area contributed by atoms with Crippen molar-refractivity contribution in [2.45, 2.75) is 78.6 Å². The monoisotopic (exact) mass is 415 g/mol. The molecule has 0 aliphatic rings. The molecular weight excluding hydrogens is 374 g/mol. The van der Waals surface area contributed by atoms with Crippen LogP contribution in [0.25, 0.3) is 0 Å². The number of amides is 1. The number of carbonyl (C=O) groups is 3. The first-order valence-corrected chi connectivity index (χ1v) is 11.1. The van der Waals surface area contributed by atoms with E-state index in [1.165, 1.54) is 0 Å². The third-order valence-corrected chi connectivity index (χ3v) is 4.40. The Balaban J connectivity index is 3.27. The summed E-state index contributed by atoms with van der Waals surface area (Å²) in [4.78, 5) is 34.3. The highest BCUT2D eigenvalue weighted by Gasteiger charge is 2.06. The molecule has 1 N–H and O–H groups in total. The minimum atomic E-state index is -0.379. The molecule has 0 unspecified atom stereocenters. The smallest absolute Gasteiger partial charge is 0.407 e. The number of alkyl carbamates (subject to hydrolysis) is 1. The van der Waals surface area contributed by atoms with E-state index in [1.807, 2.05) is 13.8 Å². The van der Waals surface area contributed by atoms with Crippen LogP contribution in [0.2, 0.25) is 0 Å². The summed E-state index contributed by atoms with van der Waals surface area (Å²) in [5, 5.41) is 2.67. The maximum absolute atomic E-state index is 11.8. The molecule has 7 nitrogen and oxygen atoms in total. The molecule has 0 aromatic heterocycles. The summed E-state index contributed by atoms with van der Waals surface area (Å²) in [5.74, 6) is 0.679. The van der Waals surface area contributed by atoms with Gasteiger partial charge < -0.3 is 19.5 Å². The molecule has 0 radical (unpaired) electrons. The van der Waals surface area contributed by atoms with Crippen LogP contribution >= 0.6 is 0 Å². The quantitative estimate of drug-likeness (QED) is 0.301. The Kier molecular flexibility index (Phi) is 18.8. The van der Waals surface area contributed by atoms with Gasteiger partial charge in [0.25, 0.3) is 0 Å². The predicted octanol–water partition coefficient (Wildman–Crippen LogP) is 4.07. The Hall–Kier alpha value is -1.47. The van der Waals surface area contributed by atoms with Gasteiger partial charge in [0.05, 0.1) is 19.8 Å². The average Bonchev–Trinajstić information content (AvgIpc) is 2.68. The van der Waals surface area contributed by atoms with E-state index in [2.05, 4.69) is 5.32 Å². The highest BCUT2D eigenvalue weighted by atomic mass is 16.5. The van der Waals surface area contributed by atoms with Crippen molar-refractivity contribution in [3.63, 3.8) is 0 Å². The summed E-state index contributed by atoms with van der Waals surface area (Å²) in [6.45, 7) is 8.89. The average molecular weight is 416 g/mol. The summed E-state index contributed by atoms with van der Waals surface area (Å²) in [7, 11) is 0. The third-order valence-electron chi connectivity index (χ3n) is 4.40. The Bertz CT molecular complexity index is 439. The molecule has 0 fully saturated rings.